The van der Waals surface area contributed by atoms with Crippen molar-refractivity contribution in [3.63, 3.8) is 0 Å². The number of nitrogens with one attached hydrogen (secondary N) is 3. The first-order valence-electron chi connectivity index (χ1n) is 13.4. The van der Waals surface area contributed by atoms with Crippen LogP contribution in [0.3, 0.4) is 0 Å². The van der Waals surface area contributed by atoms with Gasteiger partial charge in [0.2, 0.25) is 0 Å². The maximum Gasteiger partial charge on any atom is 0.406 e. The molecule has 10 heteroatoms. The average molecular weight is 523 g/mol. The number of rotatable bonds is 11. The van der Waals surface area contributed by atoms with Crippen LogP contribution in [-0.4, -0.2) is 83.2 Å². The highest BCUT2D eigenvalue weighted by molar-refractivity contribution is 5.74. The van der Waals surface area contributed by atoms with Gasteiger partial charge in [0.05, 0.1) is 19.8 Å². The monoisotopic (exact) mass is 522 g/mol. The molecule has 3 N–H and O–H groups in total. The minimum Gasteiger partial charge on any atom is -0.453 e. The number of benzene rings is 1. The summed E-state index contributed by atoms with van der Waals surface area (Å²) in [5.74, 6) is 0.232. The number of hydrogen-bond donors (Lipinski definition) is 3. The Kier molecular flexibility index (Phi) is 11.9. The zero-order valence-electron chi connectivity index (χ0n) is 22.4. The molecule has 3 atom stereocenters. The van der Waals surface area contributed by atoms with Crippen molar-refractivity contribution in [1.82, 2.24) is 20.9 Å². The van der Waals surface area contributed by atoms with E-state index in [-0.39, 0.29) is 37.0 Å². The summed E-state index contributed by atoms with van der Waals surface area (Å²) >= 11 is 0. The largest absolute Gasteiger partial charge is 0.453 e. The Bertz CT molecular complexity index is 847. The van der Waals surface area contributed by atoms with Crippen molar-refractivity contribution in [2.24, 2.45) is 11.8 Å². The SMILES string of the molecule is CNC[C@H](CC1CCOCC1)NC(=O)N1CCC[C@@H](C(OCCNC(=O)OC)c2cc(C)cc(F)c2)C1. The molecule has 0 spiro atoms. The Morgan fingerprint density at radius 1 is 1.22 bits per heavy atom. The van der Waals surface area contributed by atoms with Gasteiger partial charge in [-0.15, -0.1) is 0 Å². The van der Waals surface area contributed by atoms with Crippen molar-refractivity contribution < 1.29 is 28.2 Å². The third-order valence-corrected chi connectivity index (χ3v) is 7.16. The van der Waals surface area contributed by atoms with E-state index in [0.29, 0.717) is 25.6 Å². The van der Waals surface area contributed by atoms with E-state index in [1.165, 1.54) is 19.2 Å². The molecule has 1 aromatic rings. The molecule has 2 saturated heterocycles. The van der Waals surface area contributed by atoms with Gasteiger partial charge in [-0.2, -0.15) is 0 Å². The summed E-state index contributed by atoms with van der Waals surface area (Å²) in [6.45, 7) is 5.83. The Morgan fingerprint density at radius 2 is 2.00 bits per heavy atom. The second kappa shape index (κ2) is 15.1. The molecule has 0 aromatic heterocycles. The number of halogens is 1. The van der Waals surface area contributed by atoms with Gasteiger partial charge in [0.15, 0.2) is 0 Å². The first-order valence-corrected chi connectivity index (χ1v) is 13.4. The van der Waals surface area contributed by atoms with E-state index >= 15 is 0 Å². The van der Waals surface area contributed by atoms with Crippen molar-refractivity contribution in [1.29, 1.82) is 0 Å². The highest BCUT2D eigenvalue weighted by Crippen LogP contribution is 2.34. The van der Waals surface area contributed by atoms with E-state index in [4.69, 9.17) is 9.47 Å². The molecule has 2 aliphatic rings. The third kappa shape index (κ3) is 9.43. The molecule has 37 heavy (non-hydrogen) atoms. The lowest BCUT2D eigenvalue weighted by Gasteiger charge is -2.38. The van der Waals surface area contributed by atoms with E-state index in [1.807, 2.05) is 24.9 Å². The summed E-state index contributed by atoms with van der Waals surface area (Å²) in [5, 5.41) is 9.06. The summed E-state index contributed by atoms with van der Waals surface area (Å²) in [5.41, 5.74) is 1.56. The number of piperidine rings is 1. The predicted octanol–water partition coefficient (Wildman–Crippen LogP) is 3.37. The van der Waals surface area contributed by atoms with Crippen LogP contribution in [0.25, 0.3) is 0 Å². The molecule has 0 radical (unpaired) electrons. The maximum atomic E-state index is 14.3. The fraction of sp³-hybridized carbons (Fsp3) is 0.704. The average Bonchev–Trinajstić information content (AvgIpc) is 2.88. The van der Waals surface area contributed by atoms with Crippen LogP contribution in [0.2, 0.25) is 0 Å². The number of nitrogens with zero attached hydrogens (tertiary/aromatic N) is 1. The highest BCUT2D eigenvalue weighted by Gasteiger charge is 2.32. The van der Waals surface area contributed by atoms with E-state index in [0.717, 1.165) is 56.4 Å². The van der Waals surface area contributed by atoms with Crippen LogP contribution in [0.15, 0.2) is 18.2 Å². The number of likely N-dealkylation sites (N-methyl/N-ethyl adjacent to an activating group) is 1. The Morgan fingerprint density at radius 3 is 2.70 bits per heavy atom. The van der Waals surface area contributed by atoms with Crippen molar-refractivity contribution in [2.75, 3.05) is 60.2 Å². The van der Waals surface area contributed by atoms with Crippen LogP contribution < -0.4 is 16.0 Å². The van der Waals surface area contributed by atoms with E-state index in [2.05, 4.69) is 20.7 Å². The number of alkyl carbamates (subject to hydrolysis) is 1. The number of likely N-dealkylation sites (tertiary alicyclic amines) is 1. The van der Waals surface area contributed by atoms with E-state index < -0.39 is 12.2 Å². The zero-order valence-corrected chi connectivity index (χ0v) is 22.4. The molecule has 1 aromatic carbocycles. The summed E-state index contributed by atoms with van der Waals surface area (Å²) in [4.78, 5) is 26.6. The van der Waals surface area contributed by atoms with E-state index in [1.54, 1.807) is 0 Å². The number of urea groups is 1. The number of carbonyl (C=O) groups excluding carboxylic acids is 2. The van der Waals surface area contributed by atoms with E-state index in [9.17, 15) is 14.0 Å². The third-order valence-electron chi connectivity index (χ3n) is 7.16. The van der Waals surface area contributed by atoms with Crippen molar-refractivity contribution in [3.05, 3.63) is 35.1 Å². The molecule has 9 nitrogen and oxygen atoms in total. The van der Waals surface area contributed by atoms with Crippen LogP contribution in [0, 0.1) is 24.6 Å². The number of carbonyl (C=O) groups is 2. The number of ether oxygens (including phenoxy) is 3. The quantitative estimate of drug-likeness (QED) is 0.385. The normalized spacial score (nSPS) is 20.2. The molecule has 0 saturated carbocycles. The van der Waals surface area contributed by atoms with Crippen LogP contribution >= 0.6 is 0 Å². The molecule has 3 amide bonds. The number of methoxy groups -OCH3 is 1. The minimum atomic E-state index is -0.529. The zero-order chi connectivity index (χ0) is 26.6. The van der Waals surface area contributed by atoms with Crippen molar-refractivity contribution in [2.45, 2.75) is 51.2 Å². The fourth-order valence-corrected chi connectivity index (χ4v) is 5.38. The van der Waals surface area contributed by atoms with Gasteiger partial charge in [0.1, 0.15) is 5.82 Å². The molecule has 0 bridgehead atoms. The molecule has 208 valence electrons. The standard InChI is InChI=1S/C27H43FN4O5/c1-19-13-22(16-23(28)14-19)25(37-12-8-30-27(34)35-3)21-5-4-9-32(18-21)26(33)31-24(17-29-2)15-20-6-10-36-11-7-20/h13-14,16,20-21,24-25,29H,4-12,15,17-18H2,1-3H3,(H,30,34)(H,31,33)/t21-,24+,25?/m1/s1. The second-order valence-electron chi connectivity index (χ2n) is 10.1. The Labute approximate surface area is 219 Å². The summed E-state index contributed by atoms with van der Waals surface area (Å²) < 4.78 is 30.6. The van der Waals surface area contributed by atoms with Crippen LogP contribution in [0.4, 0.5) is 14.0 Å². The first kappa shape index (κ1) is 29.1. The number of aryl methyl sites for hydroxylation is 1. The molecule has 2 aliphatic heterocycles. The van der Waals surface area contributed by atoms with Crippen molar-refractivity contribution >= 4 is 12.1 Å². The summed E-state index contributed by atoms with van der Waals surface area (Å²) in [6.07, 6.45) is 3.74. The fourth-order valence-electron chi connectivity index (χ4n) is 5.38. The van der Waals surface area contributed by atoms with Gasteiger partial charge < -0.3 is 35.1 Å². The molecular weight excluding hydrogens is 479 g/mol. The smallest absolute Gasteiger partial charge is 0.406 e. The highest BCUT2D eigenvalue weighted by atomic mass is 19.1. The number of hydrogen-bond acceptors (Lipinski definition) is 6. The van der Waals surface area contributed by atoms with Crippen LogP contribution in [0.1, 0.15) is 49.3 Å². The topological polar surface area (TPSA) is 101 Å². The van der Waals surface area contributed by atoms with Crippen LogP contribution in [0.5, 0.6) is 0 Å². The molecule has 3 rings (SSSR count). The van der Waals surface area contributed by atoms with Crippen LogP contribution in [-0.2, 0) is 14.2 Å². The van der Waals surface area contributed by atoms with Gasteiger partial charge in [-0.25, -0.2) is 14.0 Å². The lowest BCUT2D eigenvalue weighted by molar-refractivity contribution is -0.00887. The summed E-state index contributed by atoms with van der Waals surface area (Å²) in [7, 11) is 3.21. The molecule has 1 unspecified atom stereocenters. The first-order chi connectivity index (χ1) is 17.9. The Hall–Kier alpha value is -2.43. The van der Waals surface area contributed by atoms with Gasteiger partial charge in [-0.1, -0.05) is 6.07 Å². The maximum absolute atomic E-state index is 14.3. The van der Waals surface area contributed by atoms with Gasteiger partial charge in [-0.05, 0) is 75.3 Å². The molecule has 0 aliphatic carbocycles. The van der Waals surface area contributed by atoms with Gasteiger partial charge in [0, 0.05) is 51.4 Å². The second-order valence-corrected chi connectivity index (χ2v) is 10.1. The summed E-state index contributed by atoms with van der Waals surface area (Å²) in [6, 6.07) is 4.89. The lowest BCUT2D eigenvalue weighted by Crippen LogP contribution is -2.52. The lowest BCUT2D eigenvalue weighted by atomic mass is 9.87. The predicted molar refractivity (Wildman–Crippen MR) is 139 cm³/mol. The van der Waals surface area contributed by atoms with Gasteiger partial charge in [-0.3, -0.25) is 0 Å². The van der Waals surface area contributed by atoms with Gasteiger partial charge >= 0.3 is 12.1 Å². The van der Waals surface area contributed by atoms with Crippen molar-refractivity contribution in [3.8, 4) is 0 Å². The number of amides is 3. The molecule has 2 fully saturated rings. The molecular formula is C27H43FN4O5. The Balaban J connectivity index is 1.65. The minimum absolute atomic E-state index is 0.00271. The molecule has 2 heterocycles. The van der Waals surface area contributed by atoms with Gasteiger partial charge in [0.25, 0.3) is 0 Å².